The molecule has 0 fully saturated rings. The number of nitrogens with zero attached hydrogens (tertiary/aromatic N) is 3. The minimum Gasteiger partial charge on any atom is -0.305 e. The average molecular weight is 667 g/mol. The van der Waals surface area contributed by atoms with Crippen molar-refractivity contribution in [2.24, 2.45) is 8.80 Å². The van der Waals surface area contributed by atoms with Crippen LogP contribution in [-0.2, 0) is 31.3 Å². The van der Waals surface area contributed by atoms with Crippen LogP contribution in [0.4, 0.5) is 0 Å². The average Bonchev–Trinajstić information content (AvgIpc) is 3.25. The maximum Gasteiger partial charge on any atom is 2.00 e. The second-order valence-corrected chi connectivity index (χ2v) is 9.28. The van der Waals surface area contributed by atoms with E-state index in [4.69, 9.17) is 0 Å². The summed E-state index contributed by atoms with van der Waals surface area (Å²) in [4.78, 5) is 4.22. The third kappa shape index (κ3) is 4.46. The number of aromatic nitrogens is 1. The maximum atomic E-state index is 11.9. The fourth-order valence-electron chi connectivity index (χ4n) is 4.27. The molecule has 1 aliphatic heterocycles. The van der Waals surface area contributed by atoms with Crippen LogP contribution in [0.2, 0.25) is 0 Å². The summed E-state index contributed by atoms with van der Waals surface area (Å²) < 4.78 is 31.5. The predicted molar refractivity (Wildman–Crippen MR) is 138 cm³/mol. The Morgan fingerprint density at radius 3 is 2.06 bits per heavy atom. The first-order chi connectivity index (χ1) is 17.1. The zero-order valence-electron chi connectivity index (χ0n) is 18.7. The second kappa shape index (κ2) is 9.73. The van der Waals surface area contributed by atoms with Crippen molar-refractivity contribution < 1.29 is 29.5 Å². The number of rotatable bonds is 1. The Kier molecular flexibility index (Phi) is 6.48. The maximum absolute atomic E-state index is 11.9. The SMILES string of the molecule is O=S1(=O)N=c2c(c3cc4ccccc4cc3c3ccc[c-]c23)=N1.[Pt+2].[c-]1ccccc1-c1ccccn1. The molecule has 0 N–H and O–H groups in total. The molecule has 0 saturated carbocycles. The Morgan fingerprint density at radius 1 is 0.639 bits per heavy atom. The molecule has 0 bridgehead atoms. The van der Waals surface area contributed by atoms with Gasteiger partial charge in [-0.2, -0.15) is 17.2 Å². The summed E-state index contributed by atoms with van der Waals surface area (Å²) in [5.41, 5.74) is 2.01. The molecule has 0 saturated heterocycles. The van der Waals surface area contributed by atoms with E-state index in [9.17, 15) is 8.42 Å². The standard InChI is InChI=1S/C18H9N2O2S.C11H8N.Pt/c21-23(22)19-17-14-8-4-3-7-13(14)15-9-11-5-1-2-6-12(11)10-16(15)18(17)20-23;1-2-6-10(7-3-1)11-8-4-5-9-12-11;/h1-7,9-10H;1-6,8-9H;/q2*-1;+2. The quantitative estimate of drug-likeness (QED) is 0.141. The van der Waals surface area contributed by atoms with Gasteiger partial charge in [0.05, 0.1) is 5.36 Å². The third-order valence-electron chi connectivity index (χ3n) is 5.81. The van der Waals surface area contributed by atoms with Gasteiger partial charge in [0.1, 0.15) is 0 Å². The van der Waals surface area contributed by atoms with Gasteiger partial charge in [0, 0.05) is 11.6 Å². The van der Waals surface area contributed by atoms with Crippen molar-refractivity contribution in [3.63, 3.8) is 0 Å². The summed E-state index contributed by atoms with van der Waals surface area (Å²) in [6.07, 6.45) is 1.79. The van der Waals surface area contributed by atoms with Gasteiger partial charge in [0.15, 0.2) is 0 Å². The topological polar surface area (TPSA) is 71.8 Å². The van der Waals surface area contributed by atoms with Crippen molar-refractivity contribution in [2.75, 3.05) is 0 Å². The fraction of sp³-hybridized carbons (Fsp3) is 0. The normalized spacial score (nSPS) is 13.1. The third-order valence-corrected chi connectivity index (χ3v) is 6.64. The smallest absolute Gasteiger partial charge is 0.305 e. The van der Waals surface area contributed by atoms with E-state index in [2.05, 4.69) is 32.0 Å². The van der Waals surface area contributed by atoms with Gasteiger partial charge in [-0.3, -0.25) is 0 Å². The van der Waals surface area contributed by atoms with Gasteiger partial charge in [-0.25, -0.2) is 0 Å². The van der Waals surface area contributed by atoms with Crippen LogP contribution in [0.5, 0.6) is 0 Å². The van der Waals surface area contributed by atoms with E-state index in [1.807, 2.05) is 84.9 Å². The van der Waals surface area contributed by atoms with E-state index in [0.29, 0.717) is 16.1 Å². The molecular formula is C29H17N3O2PtS. The van der Waals surface area contributed by atoms with Crippen LogP contribution >= 0.6 is 0 Å². The van der Waals surface area contributed by atoms with Crippen molar-refractivity contribution in [3.8, 4) is 11.3 Å². The van der Waals surface area contributed by atoms with E-state index in [0.717, 1.165) is 38.2 Å². The number of benzene rings is 5. The Hall–Kier alpha value is -3.73. The summed E-state index contributed by atoms with van der Waals surface area (Å²) >= 11 is 0. The first-order valence-corrected chi connectivity index (χ1v) is 12.4. The largest absolute Gasteiger partial charge is 2.00 e. The zero-order chi connectivity index (χ0) is 23.8. The first kappa shape index (κ1) is 24.0. The number of fused-ring (bicyclic) bond motifs is 7. The van der Waals surface area contributed by atoms with Gasteiger partial charge in [0.2, 0.25) is 0 Å². The van der Waals surface area contributed by atoms with Crippen LogP contribution in [0.3, 0.4) is 0 Å². The van der Waals surface area contributed by atoms with E-state index in [1.165, 1.54) is 0 Å². The van der Waals surface area contributed by atoms with Gasteiger partial charge < -0.3 is 4.98 Å². The number of hydrogen-bond donors (Lipinski definition) is 0. The predicted octanol–water partition coefficient (Wildman–Crippen LogP) is 4.99. The monoisotopic (exact) mass is 666 g/mol. The summed E-state index contributed by atoms with van der Waals surface area (Å²) in [5.74, 6) is 0. The molecule has 0 unspecified atom stereocenters. The van der Waals surface area contributed by atoms with Crippen molar-refractivity contribution in [1.29, 1.82) is 0 Å². The van der Waals surface area contributed by atoms with E-state index >= 15 is 0 Å². The minimum atomic E-state index is -3.81. The van der Waals surface area contributed by atoms with Crippen molar-refractivity contribution in [1.82, 2.24) is 4.98 Å². The summed E-state index contributed by atoms with van der Waals surface area (Å²) in [6.45, 7) is 0. The van der Waals surface area contributed by atoms with Gasteiger partial charge in [0.25, 0.3) is 0 Å². The molecule has 176 valence electrons. The Balaban J connectivity index is 0.000000175. The molecule has 5 nitrogen and oxygen atoms in total. The molecule has 36 heavy (non-hydrogen) atoms. The van der Waals surface area contributed by atoms with Crippen LogP contribution in [0.15, 0.2) is 112 Å². The van der Waals surface area contributed by atoms with Gasteiger partial charge in [-0.1, -0.05) is 53.2 Å². The molecule has 7 rings (SSSR count). The van der Waals surface area contributed by atoms with Gasteiger partial charge >= 0.3 is 31.3 Å². The van der Waals surface area contributed by atoms with Crippen LogP contribution in [0.25, 0.3) is 43.6 Å². The van der Waals surface area contributed by atoms with Gasteiger partial charge in [-0.05, 0) is 34.0 Å². The zero-order valence-corrected chi connectivity index (χ0v) is 21.8. The van der Waals surface area contributed by atoms with Crippen LogP contribution in [0, 0.1) is 12.1 Å². The molecule has 0 radical (unpaired) electrons. The summed E-state index contributed by atoms with van der Waals surface area (Å²) in [6, 6.07) is 37.6. The Bertz CT molecular complexity index is 1920. The molecule has 5 aromatic carbocycles. The molecular weight excluding hydrogens is 649 g/mol. The molecule has 0 spiro atoms. The summed E-state index contributed by atoms with van der Waals surface area (Å²) in [5, 5.41) is 6.34. The van der Waals surface area contributed by atoms with E-state index < -0.39 is 10.2 Å². The minimum absolute atomic E-state index is 0. The molecule has 7 heteroatoms. The van der Waals surface area contributed by atoms with Gasteiger partial charge in [-0.15, -0.1) is 65.5 Å². The van der Waals surface area contributed by atoms with Crippen molar-refractivity contribution >= 4 is 42.5 Å². The Morgan fingerprint density at radius 2 is 1.33 bits per heavy atom. The molecule has 0 atom stereocenters. The van der Waals surface area contributed by atoms with Crippen LogP contribution < -0.4 is 10.7 Å². The second-order valence-electron chi connectivity index (χ2n) is 8.02. The fourth-order valence-corrected chi connectivity index (χ4v) is 5.13. The molecule has 0 aliphatic carbocycles. The van der Waals surface area contributed by atoms with Crippen molar-refractivity contribution in [2.45, 2.75) is 0 Å². The molecule has 0 amide bonds. The first-order valence-electron chi connectivity index (χ1n) is 11.0. The summed E-state index contributed by atoms with van der Waals surface area (Å²) in [7, 11) is -3.81. The van der Waals surface area contributed by atoms with Crippen LogP contribution in [-0.4, -0.2) is 13.4 Å². The van der Waals surface area contributed by atoms with Crippen molar-refractivity contribution in [3.05, 3.63) is 126 Å². The Labute approximate surface area is 222 Å². The molecule has 1 aromatic heterocycles. The van der Waals surface area contributed by atoms with E-state index in [-0.39, 0.29) is 21.1 Å². The molecule has 1 aliphatic rings. The number of pyridine rings is 1. The van der Waals surface area contributed by atoms with Crippen LogP contribution in [0.1, 0.15) is 0 Å². The van der Waals surface area contributed by atoms with E-state index in [1.54, 1.807) is 12.3 Å². The number of hydrogen-bond acceptors (Lipinski definition) is 3. The molecule has 2 heterocycles. The molecule has 6 aromatic rings.